The molecule has 0 aromatic heterocycles. The van der Waals surface area contributed by atoms with Gasteiger partial charge in [-0.05, 0) is 48.8 Å². The molecule has 3 unspecified atom stereocenters. The highest BCUT2D eigenvalue weighted by molar-refractivity contribution is 5.88. The van der Waals surface area contributed by atoms with Gasteiger partial charge in [-0.25, -0.2) is 4.79 Å². The number of nitro benzene ring substituents is 1. The molecule has 0 spiro atoms. The molecule has 10 heteroatoms. The third-order valence-corrected chi connectivity index (χ3v) is 7.84. The van der Waals surface area contributed by atoms with Crippen molar-refractivity contribution in [1.29, 1.82) is 0 Å². The lowest BCUT2D eigenvalue weighted by molar-refractivity contribution is -0.386. The fourth-order valence-corrected chi connectivity index (χ4v) is 4.99. The highest BCUT2D eigenvalue weighted by Crippen LogP contribution is 2.38. The van der Waals surface area contributed by atoms with Crippen molar-refractivity contribution in [3.05, 3.63) is 76.3 Å². The third-order valence-electron chi connectivity index (χ3n) is 7.84. The van der Waals surface area contributed by atoms with Gasteiger partial charge in [0.05, 0.1) is 4.92 Å². The van der Waals surface area contributed by atoms with Crippen molar-refractivity contribution in [3.63, 3.8) is 0 Å². The second-order valence-corrected chi connectivity index (χ2v) is 10.5. The van der Waals surface area contributed by atoms with Crippen LogP contribution in [0.2, 0.25) is 0 Å². The van der Waals surface area contributed by atoms with E-state index < -0.39 is 23.4 Å². The molecule has 0 aliphatic carbocycles. The van der Waals surface area contributed by atoms with Gasteiger partial charge in [-0.15, -0.1) is 0 Å². The molecule has 0 radical (unpaired) electrons. The number of hydrogen-bond acceptors (Lipinski definition) is 8. The smallest absolute Gasteiger partial charge is 0.412 e. The Kier molecular flexibility index (Phi) is 9.44. The van der Waals surface area contributed by atoms with Crippen LogP contribution in [0.15, 0.2) is 60.7 Å². The van der Waals surface area contributed by atoms with Crippen molar-refractivity contribution >= 4 is 28.3 Å². The number of nitro groups is 1. The molecule has 218 valence electrons. The first-order chi connectivity index (χ1) is 19.6. The average molecular weight is 565 g/mol. The molecule has 10 nitrogen and oxygen atoms in total. The number of carbonyl (C=O) groups excluding carboxylic acids is 2. The van der Waals surface area contributed by atoms with Crippen LogP contribution in [0.5, 0.6) is 11.5 Å². The molecule has 0 N–H and O–H groups in total. The summed E-state index contributed by atoms with van der Waals surface area (Å²) in [5, 5.41) is 13.8. The quantitative estimate of drug-likeness (QED) is 0.159. The first-order valence-corrected chi connectivity index (χ1v) is 13.7. The van der Waals surface area contributed by atoms with E-state index in [4.69, 9.17) is 18.9 Å². The number of ketones is 1. The standard InChI is InChI=1S/C31H36N2O8/c1-6-32(18-39-27-13-9-11-24-10-7-8-12-25(24)27)31(35)38-17-23-14-15-28(26(16-23)33(36)37)40-30-21(4)19(2)20(3)29(41-30)22(5)34/h7-16,19-21,29-30H,6,17-18H2,1-5H3/t19-,20?,21-,29?,30?/m0/s1. The summed E-state index contributed by atoms with van der Waals surface area (Å²) in [5.74, 6) is 0.554. The van der Waals surface area contributed by atoms with Gasteiger partial charge in [-0.2, -0.15) is 0 Å². The lowest BCUT2D eigenvalue weighted by Gasteiger charge is -2.42. The van der Waals surface area contributed by atoms with E-state index in [1.54, 1.807) is 13.0 Å². The SMILES string of the molecule is CCN(COc1cccc2ccccc12)C(=O)OCc1ccc(OC2OC(C(C)=O)C(C)[C@H](C)[C@@H]2C)c([N+](=O)[O-])c1. The van der Waals surface area contributed by atoms with E-state index >= 15 is 0 Å². The van der Waals surface area contributed by atoms with Gasteiger partial charge >= 0.3 is 11.8 Å². The fourth-order valence-electron chi connectivity index (χ4n) is 4.99. The van der Waals surface area contributed by atoms with Crippen molar-refractivity contribution in [1.82, 2.24) is 4.90 Å². The normalized spacial score (nSPS) is 22.1. The minimum atomic E-state index is -0.822. The minimum Gasteiger partial charge on any atom is -0.472 e. The predicted molar refractivity (Wildman–Crippen MR) is 153 cm³/mol. The molecular formula is C31H36N2O8. The maximum Gasteiger partial charge on any atom is 0.412 e. The van der Waals surface area contributed by atoms with Crippen LogP contribution in [-0.2, 0) is 20.9 Å². The molecule has 1 heterocycles. The van der Waals surface area contributed by atoms with Gasteiger partial charge in [0.1, 0.15) is 18.5 Å². The summed E-state index contributed by atoms with van der Waals surface area (Å²) in [4.78, 5) is 37.6. The first-order valence-electron chi connectivity index (χ1n) is 13.7. The molecule has 1 aliphatic rings. The van der Waals surface area contributed by atoms with Crippen molar-refractivity contribution < 1.29 is 33.5 Å². The monoisotopic (exact) mass is 564 g/mol. The summed E-state index contributed by atoms with van der Waals surface area (Å²) in [6, 6.07) is 17.9. The van der Waals surface area contributed by atoms with Crippen molar-refractivity contribution in [2.75, 3.05) is 13.3 Å². The summed E-state index contributed by atoms with van der Waals surface area (Å²) < 4.78 is 23.2. The molecule has 0 saturated carbocycles. The van der Waals surface area contributed by atoms with E-state index in [0.717, 1.165) is 10.8 Å². The number of nitrogens with zero attached hydrogens (tertiary/aromatic N) is 2. The highest BCUT2D eigenvalue weighted by Gasteiger charge is 2.42. The maximum absolute atomic E-state index is 12.8. The zero-order valence-corrected chi connectivity index (χ0v) is 23.9. The van der Waals surface area contributed by atoms with Gasteiger partial charge < -0.3 is 18.9 Å². The van der Waals surface area contributed by atoms with Crippen LogP contribution in [0.3, 0.4) is 0 Å². The van der Waals surface area contributed by atoms with Gasteiger partial charge in [0.15, 0.2) is 18.3 Å². The molecular weight excluding hydrogens is 528 g/mol. The second kappa shape index (κ2) is 13.0. The van der Waals surface area contributed by atoms with Crippen LogP contribution in [0.25, 0.3) is 10.8 Å². The average Bonchev–Trinajstić information content (AvgIpc) is 2.96. The fraction of sp³-hybridized carbons (Fsp3) is 0.419. The predicted octanol–water partition coefficient (Wildman–Crippen LogP) is 6.34. The van der Waals surface area contributed by atoms with Gasteiger partial charge in [0, 0.05) is 23.9 Å². The van der Waals surface area contributed by atoms with Crippen molar-refractivity contribution in [3.8, 4) is 11.5 Å². The number of carbonyl (C=O) groups is 2. The Hall–Kier alpha value is -4.18. The van der Waals surface area contributed by atoms with E-state index in [1.807, 2.05) is 63.2 Å². The first kappa shape index (κ1) is 29.8. The van der Waals surface area contributed by atoms with E-state index in [2.05, 4.69) is 0 Å². The summed E-state index contributed by atoms with van der Waals surface area (Å²) in [7, 11) is 0. The highest BCUT2D eigenvalue weighted by atomic mass is 16.7. The Morgan fingerprint density at radius 1 is 0.976 bits per heavy atom. The third kappa shape index (κ3) is 6.77. The number of Topliss-reactive ketones (excluding diaryl/α,β-unsaturated/α-hetero) is 1. The Labute approximate surface area is 239 Å². The van der Waals surface area contributed by atoms with Crippen LogP contribution in [0.4, 0.5) is 10.5 Å². The molecule has 3 aromatic carbocycles. The number of ether oxygens (including phenoxy) is 4. The van der Waals surface area contributed by atoms with Crippen molar-refractivity contribution in [2.24, 2.45) is 17.8 Å². The molecule has 1 amide bonds. The van der Waals surface area contributed by atoms with E-state index in [1.165, 1.54) is 24.0 Å². The molecule has 1 saturated heterocycles. The summed E-state index contributed by atoms with van der Waals surface area (Å²) in [6.45, 7) is 9.32. The Balaban J connectivity index is 1.40. The van der Waals surface area contributed by atoms with E-state index in [0.29, 0.717) is 17.9 Å². The molecule has 1 aliphatic heterocycles. The lowest BCUT2D eigenvalue weighted by atomic mass is 9.78. The zero-order valence-electron chi connectivity index (χ0n) is 23.9. The molecule has 4 rings (SSSR count). The lowest BCUT2D eigenvalue weighted by Crippen LogP contribution is -2.49. The molecule has 5 atom stereocenters. The summed E-state index contributed by atoms with van der Waals surface area (Å²) in [6.07, 6.45) is -2.08. The Morgan fingerprint density at radius 2 is 1.71 bits per heavy atom. The molecule has 1 fully saturated rings. The number of benzene rings is 3. The van der Waals surface area contributed by atoms with E-state index in [9.17, 15) is 19.7 Å². The van der Waals surface area contributed by atoms with E-state index in [-0.39, 0.29) is 48.3 Å². The number of fused-ring (bicyclic) bond motifs is 1. The van der Waals surface area contributed by atoms with Crippen LogP contribution >= 0.6 is 0 Å². The largest absolute Gasteiger partial charge is 0.472 e. The van der Waals surface area contributed by atoms with Gasteiger partial charge in [0.2, 0.25) is 6.29 Å². The van der Waals surface area contributed by atoms with Crippen molar-refractivity contribution in [2.45, 2.75) is 53.6 Å². The Bertz CT molecular complexity index is 1400. The molecule has 41 heavy (non-hydrogen) atoms. The number of hydrogen-bond donors (Lipinski definition) is 0. The topological polar surface area (TPSA) is 117 Å². The van der Waals surface area contributed by atoms with Crippen LogP contribution in [-0.4, -0.2) is 47.4 Å². The molecule has 0 bridgehead atoms. The Morgan fingerprint density at radius 3 is 2.41 bits per heavy atom. The number of rotatable bonds is 10. The maximum atomic E-state index is 12.8. The van der Waals surface area contributed by atoms with Crippen LogP contribution < -0.4 is 9.47 Å². The van der Waals surface area contributed by atoms with Gasteiger partial charge in [-0.1, -0.05) is 63.2 Å². The summed E-state index contributed by atoms with van der Waals surface area (Å²) >= 11 is 0. The van der Waals surface area contributed by atoms with Gasteiger partial charge in [-0.3, -0.25) is 19.8 Å². The van der Waals surface area contributed by atoms with Crippen LogP contribution in [0, 0.1) is 27.9 Å². The van der Waals surface area contributed by atoms with Crippen LogP contribution in [0.1, 0.15) is 40.2 Å². The number of amides is 1. The molecule has 3 aromatic rings. The zero-order chi connectivity index (χ0) is 29.7. The van der Waals surface area contributed by atoms with Gasteiger partial charge in [0.25, 0.3) is 0 Å². The second-order valence-electron chi connectivity index (χ2n) is 10.5. The summed E-state index contributed by atoms with van der Waals surface area (Å²) in [5.41, 5.74) is 0.135. The minimum absolute atomic E-state index is 0.00507.